The number of aromatic nitrogens is 2. The third kappa shape index (κ3) is 3.45. The SMILES string of the molecule is O=C(O)C1=C[C@@H](c2ccccc2F)n2ncc(C(=O)Nc3cccc(F)c3)c2N1. The molecular formula is C20H14F2N4O3. The van der Waals surface area contributed by atoms with Crippen LogP contribution in [0.2, 0.25) is 0 Å². The van der Waals surface area contributed by atoms with Crippen LogP contribution in [0.15, 0.2) is 66.5 Å². The van der Waals surface area contributed by atoms with E-state index in [1.807, 2.05) is 0 Å². The average molecular weight is 396 g/mol. The number of carbonyl (C=O) groups excluding carboxylic acids is 1. The van der Waals surface area contributed by atoms with E-state index in [0.29, 0.717) is 0 Å². The van der Waals surface area contributed by atoms with Gasteiger partial charge < -0.3 is 15.7 Å². The first kappa shape index (κ1) is 18.4. The van der Waals surface area contributed by atoms with E-state index in [2.05, 4.69) is 15.7 Å². The van der Waals surface area contributed by atoms with Crippen LogP contribution in [0.25, 0.3) is 0 Å². The second-order valence-corrected chi connectivity index (χ2v) is 6.29. The van der Waals surface area contributed by atoms with Crippen molar-refractivity contribution in [2.75, 3.05) is 10.6 Å². The summed E-state index contributed by atoms with van der Waals surface area (Å²) >= 11 is 0. The minimum atomic E-state index is -1.27. The Morgan fingerprint density at radius 1 is 1.14 bits per heavy atom. The Balaban J connectivity index is 1.74. The molecule has 0 unspecified atom stereocenters. The van der Waals surface area contributed by atoms with Crippen molar-refractivity contribution < 1.29 is 23.5 Å². The molecule has 0 saturated carbocycles. The second-order valence-electron chi connectivity index (χ2n) is 6.29. The topological polar surface area (TPSA) is 96.2 Å². The summed E-state index contributed by atoms with van der Waals surface area (Å²) in [5.41, 5.74) is 0.244. The van der Waals surface area contributed by atoms with Crippen LogP contribution in [-0.2, 0) is 4.79 Å². The number of anilines is 2. The first-order chi connectivity index (χ1) is 13.9. The van der Waals surface area contributed by atoms with Gasteiger partial charge in [0.25, 0.3) is 5.91 Å². The summed E-state index contributed by atoms with van der Waals surface area (Å²) in [6.45, 7) is 0. The van der Waals surface area contributed by atoms with E-state index >= 15 is 0 Å². The fraction of sp³-hybridized carbons (Fsp3) is 0.0500. The lowest BCUT2D eigenvalue weighted by Gasteiger charge is -2.24. The van der Waals surface area contributed by atoms with Gasteiger partial charge in [-0.1, -0.05) is 24.3 Å². The van der Waals surface area contributed by atoms with Crippen LogP contribution in [0.5, 0.6) is 0 Å². The van der Waals surface area contributed by atoms with Crippen molar-refractivity contribution in [3.8, 4) is 0 Å². The third-order valence-electron chi connectivity index (χ3n) is 4.42. The van der Waals surface area contributed by atoms with Gasteiger partial charge in [0.2, 0.25) is 0 Å². The molecule has 0 spiro atoms. The summed E-state index contributed by atoms with van der Waals surface area (Å²) < 4.78 is 29.0. The molecule has 4 rings (SSSR count). The minimum Gasteiger partial charge on any atom is -0.477 e. The van der Waals surface area contributed by atoms with E-state index in [4.69, 9.17) is 0 Å². The summed E-state index contributed by atoms with van der Waals surface area (Å²) in [4.78, 5) is 24.2. The van der Waals surface area contributed by atoms with E-state index < -0.39 is 29.6 Å². The summed E-state index contributed by atoms with van der Waals surface area (Å²) in [7, 11) is 0. The second kappa shape index (κ2) is 7.19. The molecule has 1 aliphatic heterocycles. The Morgan fingerprint density at radius 3 is 2.66 bits per heavy atom. The maximum atomic E-state index is 14.3. The zero-order valence-corrected chi connectivity index (χ0v) is 14.8. The molecule has 0 aliphatic carbocycles. The van der Waals surface area contributed by atoms with Crippen LogP contribution in [0.1, 0.15) is 22.0 Å². The van der Waals surface area contributed by atoms with Gasteiger partial charge >= 0.3 is 5.97 Å². The van der Waals surface area contributed by atoms with E-state index in [-0.39, 0.29) is 28.3 Å². The molecule has 1 aromatic heterocycles. The Bertz CT molecular complexity index is 1160. The maximum Gasteiger partial charge on any atom is 0.352 e. The van der Waals surface area contributed by atoms with Gasteiger partial charge in [0.15, 0.2) is 0 Å². The van der Waals surface area contributed by atoms with Crippen LogP contribution in [0.3, 0.4) is 0 Å². The number of halogens is 2. The molecule has 1 atom stereocenters. The number of allylic oxidation sites excluding steroid dienone is 1. The number of aliphatic carboxylic acids is 1. The zero-order valence-electron chi connectivity index (χ0n) is 14.8. The summed E-state index contributed by atoms with van der Waals surface area (Å²) in [5, 5.41) is 18.8. The predicted octanol–water partition coefficient (Wildman–Crippen LogP) is 3.40. The van der Waals surface area contributed by atoms with Crippen LogP contribution >= 0.6 is 0 Å². The van der Waals surface area contributed by atoms with Crippen LogP contribution in [0, 0.1) is 11.6 Å². The number of benzene rings is 2. The van der Waals surface area contributed by atoms with Crippen molar-refractivity contribution >= 4 is 23.4 Å². The van der Waals surface area contributed by atoms with Gasteiger partial charge in [-0.25, -0.2) is 18.3 Å². The summed E-state index contributed by atoms with van der Waals surface area (Å²) in [6.07, 6.45) is 2.55. The summed E-state index contributed by atoms with van der Waals surface area (Å²) in [5.74, 6) is -2.85. The lowest BCUT2D eigenvalue weighted by Crippen LogP contribution is -2.26. The number of amides is 1. The average Bonchev–Trinajstić information content (AvgIpc) is 3.12. The van der Waals surface area contributed by atoms with Gasteiger partial charge in [-0.15, -0.1) is 0 Å². The van der Waals surface area contributed by atoms with Crippen molar-refractivity contribution in [2.45, 2.75) is 6.04 Å². The molecule has 1 amide bonds. The van der Waals surface area contributed by atoms with Gasteiger partial charge in [-0.2, -0.15) is 5.10 Å². The molecule has 3 aromatic rings. The summed E-state index contributed by atoms with van der Waals surface area (Å²) in [6, 6.07) is 10.4. The normalized spacial score (nSPS) is 15.1. The van der Waals surface area contributed by atoms with E-state index in [1.165, 1.54) is 53.4 Å². The number of carboxylic acids is 1. The first-order valence-corrected chi connectivity index (χ1v) is 8.55. The molecule has 3 N–H and O–H groups in total. The number of nitrogens with zero attached hydrogens (tertiary/aromatic N) is 2. The predicted molar refractivity (Wildman–Crippen MR) is 100 cm³/mol. The Labute approximate surface area is 163 Å². The molecule has 29 heavy (non-hydrogen) atoms. The highest BCUT2D eigenvalue weighted by Gasteiger charge is 2.30. The van der Waals surface area contributed by atoms with Gasteiger partial charge in [0, 0.05) is 11.3 Å². The fourth-order valence-electron chi connectivity index (χ4n) is 3.09. The van der Waals surface area contributed by atoms with Gasteiger partial charge in [-0.3, -0.25) is 4.79 Å². The number of nitrogens with one attached hydrogen (secondary N) is 2. The minimum absolute atomic E-state index is 0.0300. The smallest absolute Gasteiger partial charge is 0.352 e. The molecule has 2 aromatic carbocycles. The van der Waals surface area contributed by atoms with Crippen LogP contribution in [0.4, 0.5) is 20.3 Å². The van der Waals surface area contributed by atoms with Gasteiger partial charge in [-0.05, 0) is 30.3 Å². The Kier molecular flexibility index (Phi) is 4.55. The lowest BCUT2D eigenvalue weighted by molar-refractivity contribution is -0.132. The van der Waals surface area contributed by atoms with Crippen molar-refractivity contribution in [2.24, 2.45) is 0 Å². The molecule has 0 bridgehead atoms. The molecule has 0 saturated heterocycles. The number of rotatable bonds is 4. The van der Waals surface area contributed by atoms with Crippen LogP contribution in [-0.4, -0.2) is 26.8 Å². The number of hydrogen-bond acceptors (Lipinski definition) is 4. The maximum absolute atomic E-state index is 14.3. The van der Waals surface area contributed by atoms with Gasteiger partial charge in [0.05, 0.1) is 6.20 Å². The van der Waals surface area contributed by atoms with Crippen molar-refractivity contribution in [3.05, 3.63) is 89.3 Å². The van der Waals surface area contributed by atoms with E-state index in [9.17, 15) is 23.5 Å². The molecule has 0 fully saturated rings. The molecule has 9 heteroatoms. The number of hydrogen-bond donors (Lipinski definition) is 3. The molecule has 2 heterocycles. The highest BCUT2D eigenvalue weighted by Crippen LogP contribution is 2.33. The van der Waals surface area contributed by atoms with Crippen molar-refractivity contribution in [1.29, 1.82) is 0 Å². The highest BCUT2D eigenvalue weighted by atomic mass is 19.1. The largest absolute Gasteiger partial charge is 0.477 e. The fourth-order valence-corrected chi connectivity index (χ4v) is 3.09. The standard InChI is InChI=1S/C20H14F2N4O3/c21-11-4-3-5-12(8-11)24-19(27)14-10-23-26-17(13-6-1-2-7-15(13)22)9-16(20(28)29)25-18(14)26/h1-10,17,25H,(H,24,27)(H,28,29)/t17-/m0/s1. The molecule has 7 nitrogen and oxygen atoms in total. The number of carbonyl (C=O) groups is 2. The zero-order chi connectivity index (χ0) is 20.5. The number of carboxylic acid groups (broad SMARTS) is 1. The Morgan fingerprint density at radius 2 is 1.93 bits per heavy atom. The van der Waals surface area contributed by atoms with E-state index in [1.54, 1.807) is 6.07 Å². The van der Waals surface area contributed by atoms with Crippen LogP contribution < -0.4 is 10.6 Å². The lowest BCUT2D eigenvalue weighted by atomic mass is 10.0. The third-order valence-corrected chi connectivity index (χ3v) is 4.42. The van der Waals surface area contributed by atoms with Crippen molar-refractivity contribution in [3.63, 3.8) is 0 Å². The molecule has 1 aliphatic rings. The molecule has 146 valence electrons. The molecular weight excluding hydrogens is 382 g/mol. The van der Waals surface area contributed by atoms with Gasteiger partial charge in [0.1, 0.15) is 34.8 Å². The molecule has 0 radical (unpaired) electrons. The Hall–Kier alpha value is -4.01. The number of fused-ring (bicyclic) bond motifs is 1. The monoisotopic (exact) mass is 396 g/mol. The first-order valence-electron chi connectivity index (χ1n) is 8.55. The quantitative estimate of drug-likeness (QED) is 0.628. The van der Waals surface area contributed by atoms with E-state index in [0.717, 1.165) is 6.07 Å². The van der Waals surface area contributed by atoms with Crippen molar-refractivity contribution in [1.82, 2.24) is 9.78 Å². The highest BCUT2D eigenvalue weighted by molar-refractivity contribution is 6.08.